The van der Waals surface area contributed by atoms with Crippen molar-refractivity contribution >= 4 is 29.1 Å². The molecule has 2 heterocycles. The number of nitrogens with one attached hydrogen (secondary N) is 1. The van der Waals surface area contributed by atoms with Crippen molar-refractivity contribution in [1.29, 1.82) is 0 Å². The van der Waals surface area contributed by atoms with E-state index in [-0.39, 0.29) is 11.2 Å². The summed E-state index contributed by atoms with van der Waals surface area (Å²) in [5.41, 5.74) is 0. The predicted octanol–water partition coefficient (Wildman–Crippen LogP) is 1.53. The van der Waals surface area contributed by atoms with Gasteiger partial charge in [0.15, 0.2) is 5.17 Å². The Morgan fingerprint density at radius 1 is 1.56 bits per heavy atom. The summed E-state index contributed by atoms with van der Waals surface area (Å²) >= 11 is 1.36. The van der Waals surface area contributed by atoms with E-state index in [4.69, 9.17) is 4.42 Å². The zero-order valence-corrected chi connectivity index (χ0v) is 9.75. The maximum absolute atomic E-state index is 11.1. The molecule has 1 N–H and O–H groups in total. The van der Waals surface area contributed by atoms with Gasteiger partial charge in [0.1, 0.15) is 11.5 Å². The number of amides is 1. The van der Waals surface area contributed by atoms with Gasteiger partial charge in [-0.05, 0) is 26.0 Å². The third-order valence-corrected chi connectivity index (χ3v) is 2.96. The first kappa shape index (κ1) is 10.9. The van der Waals surface area contributed by atoms with Gasteiger partial charge in [-0.15, -0.1) is 5.10 Å². The lowest BCUT2D eigenvalue weighted by Gasteiger charge is -1.88. The lowest BCUT2D eigenvalue weighted by molar-refractivity contribution is -0.118. The smallest absolute Gasteiger partial charge is 0.239 e. The summed E-state index contributed by atoms with van der Waals surface area (Å²) in [4.78, 5) is 11.1. The van der Waals surface area contributed by atoms with Crippen LogP contribution in [0.25, 0.3) is 0 Å². The minimum absolute atomic E-state index is 0.0345. The van der Waals surface area contributed by atoms with Crippen molar-refractivity contribution < 1.29 is 9.21 Å². The molecule has 1 amide bonds. The first-order chi connectivity index (χ1) is 7.65. The van der Waals surface area contributed by atoms with Crippen molar-refractivity contribution in [2.45, 2.75) is 19.1 Å². The van der Waals surface area contributed by atoms with E-state index < -0.39 is 0 Å². The minimum Gasteiger partial charge on any atom is -0.460 e. The Hall–Kier alpha value is -1.56. The van der Waals surface area contributed by atoms with Crippen molar-refractivity contribution in [2.24, 2.45) is 10.2 Å². The predicted molar refractivity (Wildman–Crippen MR) is 63.7 cm³/mol. The van der Waals surface area contributed by atoms with Crippen LogP contribution in [0.15, 0.2) is 26.8 Å². The molecular formula is C10H11N3O2S. The summed E-state index contributed by atoms with van der Waals surface area (Å²) in [6.07, 6.45) is 1.51. The summed E-state index contributed by atoms with van der Waals surface area (Å²) in [6.45, 7) is 3.68. The van der Waals surface area contributed by atoms with Crippen LogP contribution in [0, 0.1) is 6.92 Å². The summed E-state index contributed by atoms with van der Waals surface area (Å²) in [7, 11) is 0. The van der Waals surface area contributed by atoms with E-state index in [2.05, 4.69) is 15.5 Å². The van der Waals surface area contributed by atoms with Gasteiger partial charge in [-0.25, -0.2) is 0 Å². The Morgan fingerprint density at radius 3 is 2.94 bits per heavy atom. The largest absolute Gasteiger partial charge is 0.460 e. The number of hydrogen-bond acceptors (Lipinski definition) is 5. The maximum atomic E-state index is 11.1. The molecule has 0 radical (unpaired) electrons. The second kappa shape index (κ2) is 4.52. The van der Waals surface area contributed by atoms with Gasteiger partial charge >= 0.3 is 0 Å². The van der Waals surface area contributed by atoms with Gasteiger partial charge < -0.3 is 9.73 Å². The zero-order valence-electron chi connectivity index (χ0n) is 8.93. The van der Waals surface area contributed by atoms with Crippen LogP contribution in [0.3, 0.4) is 0 Å². The highest BCUT2D eigenvalue weighted by atomic mass is 32.2. The first-order valence-corrected chi connectivity index (χ1v) is 5.68. The van der Waals surface area contributed by atoms with Crippen LogP contribution in [0.2, 0.25) is 0 Å². The summed E-state index contributed by atoms with van der Waals surface area (Å²) in [6, 6.07) is 3.66. The quantitative estimate of drug-likeness (QED) is 0.626. The van der Waals surface area contributed by atoms with Crippen LogP contribution in [0.4, 0.5) is 0 Å². The molecule has 2 rings (SSSR count). The number of amidine groups is 1. The van der Waals surface area contributed by atoms with Crippen LogP contribution in [0.5, 0.6) is 0 Å². The molecule has 5 nitrogen and oxygen atoms in total. The molecule has 1 atom stereocenters. The second-order valence-electron chi connectivity index (χ2n) is 3.35. The van der Waals surface area contributed by atoms with Crippen molar-refractivity contribution in [1.82, 2.24) is 5.32 Å². The highest BCUT2D eigenvalue weighted by Gasteiger charge is 2.25. The molecule has 1 aliphatic heterocycles. The molecule has 0 aliphatic carbocycles. The Morgan fingerprint density at radius 2 is 2.38 bits per heavy atom. The summed E-state index contributed by atoms with van der Waals surface area (Å²) in [5, 5.41) is 10.8. The van der Waals surface area contributed by atoms with Gasteiger partial charge in [0.05, 0.1) is 11.5 Å². The molecule has 16 heavy (non-hydrogen) atoms. The molecule has 6 heteroatoms. The zero-order chi connectivity index (χ0) is 11.5. The molecule has 84 valence electrons. The average Bonchev–Trinajstić information content (AvgIpc) is 2.75. The van der Waals surface area contributed by atoms with Crippen molar-refractivity contribution in [3.63, 3.8) is 0 Å². The van der Waals surface area contributed by atoms with Crippen molar-refractivity contribution in [2.75, 3.05) is 0 Å². The SMILES string of the molecule is Cc1ccc(/C=N\N=C2\NC(=O)[C@H](C)S2)o1. The Kier molecular flexibility index (Phi) is 3.09. The van der Waals surface area contributed by atoms with E-state index >= 15 is 0 Å². The molecular weight excluding hydrogens is 226 g/mol. The fourth-order valence-corrected chi connectivity index (χ4v) is 1.92. The van der Waals surface area contributed by atoms with Gasteiger partial charge in [-0.3, -0.25) is 4.79 Å². The van der Waals surface area contributed by atoms with E-state index in [1.54, 1.807) is 0 Å². The second-order valence-corrected chi connectivity index (χ2v) is 4.68. The number of carbonyl (C=O) groups excluding carboxylic acids is 1. The topological polar surface area (TPSA) is 67.0 Å². The van der Waals surface area contributed by atoms with E-state index in [1.807, 2.05) is 26.0 Å². The molecule has 0 saturated carbocycles. The highest BCUT2D eigenvalue weighted by Crippen LogP contribution is 2.18. The van der Waals surface area contributed by atoms with Gasteiger partial charge in [-0.2, -0.15) is 5.10 Å². The molecule has 1 saturated heterocycles. The van der Waals surface area contributed by atoms with Crippen LogP contribution in [-0.2, 0) is 4.79 Å². The van der Waals surface area contributed by atoms with E-state index in [9.17, 15) is 4.79 Å². The number of aryl methyl sites for hydroxylation is 1. The van der Waals surface area contributed by atoms with Crippen molar-refractivity contribution in [3.05, 3.63) is 23.7 Å². The molecule has 1 fully saturated rings. The fourth-order valence-electron chi connectivity index (χ4n) is 1.17. The Balaban J connectivity index is 1.99. The Labute approximate surface area is 97.0 Å². The molecule has 0 aromatic carbocycles. The van der Waals surface area contributed by atoms with Crippen molar-refractivity contribution in [3.8, 4) is 0 Å². The number of hydrogen-bond donors (Lipinski definition) is 1. The van der Waals surface area contributed by atoms with Gasteiger partial charge in [-0.1, -0.05) is 11.8 Å². The Bertz CT molecular complexity index is 464. The molecule has 0 unspecified atom stereocenters. The minimum atomic E-state index is -0.0974. The molecule has 1 aliphatic rings. The summed E-state index contributed by atoms with van der Waals surface area (Å²) in [5.74, 6) is 1.43. The van der Waals surface area contributed by atoms with Crippen LogP contribution in [0.1, 0.15) is 18.4 Å². The lowest BCUT2D eigenvalue weighted by Crippen LogP contribution is -2.23. The van der Waals surface area contributed by atoms with Gasteiger partial charge in [0.2, 0.25) is 5.91 Å². The van der Waals surface area contributed by atoms with E-state index in [0.717, 1.165) is 5.76 Å². The third-order valence-electron chi connectivity index (χ3n) is 1.98. The number of rotatable bonds is 2. The third kappa shape index (κ3) is 2.52. The number of nitrogens with zero attached hydrogens (tertiary/aromatic N) is 2. The summed E-state index contributed by atoms with van der Waals surface area (Å²) < 4.78 is 5.28. The van der Waals surface area contributed by atoms with E-state index in [1.165, 1.54) is 18.0 Å². The van der Waals surface area contributed by atoms with Crippen LogP contribution < -0.4 is 5.32 Å². The lowest BCUT2D eigenvalue weighted by atomic mass is 10.4. The van der Waals surface area contributed by atoms with Gasteiger partial charge in [0, 0.05) is 0 Å². The normalized spacial score (nSPS) is 23.2. The number of furan rings is 1. The highest BCUT2D eigenvalue weighted by molar-refractivity contribution is 8.15. The van der Waals surface area contributed by atoms with Gasteiger partial charge in [0.25, 0.3) is 0 Å². The maximum Gasteiger partial charge on any atom is 0.239 e. The first-order valence-electron chi connectivity index (χ1n) is 4.80. The number of thioether (sulfide) groups is 1. The molecule has 1 aromatic rings. The monoisotopic (exact) mass is 237 g/mol. The van der Waals surface area contributed by atoms with Crippen LogP contribution >= 0.6 is 11.8 Å². The molecule has 0 bridgehead atoms. The average molecular weight is 237 g/mol. The molecule has 0 spiro atoms. The van der Waals surface area contributed by atoms with E-state index in [0.29, 0.717) is 10.9 Å². The fraction of sp³-hybridized carbons (Fsp3) is 0.300. The number of carbonyl (C=O) groups is 1. The standard InChI is InChI=1S/C10H11N3O2S/c1-6-3-4-8(15-6)5-11-13-10-12-9(14)7(2)16-10/h3-5,7H,1-2H3,(H,12,13,14)/b11-5-/t7-/m0/s1. The van der Waals surface area contributed by atoms with Crippen LogP contribution in [-0.4, -0.2) is 22.5 Å². The molecule has 1 aromatic heterocycles.